The van der Waals surface area contributed by atoms with Gasteiger partial charge in [0, 0.05) is 0 Å². The van der Waals surface area contributed by atoms with Crippen LogP contribution in [0.4, 0.5) is 22.7 Å². The average molecular weight is 962 g/mol. The summed E-state index contributed by atoms with van der Waals surface area (Å²) in [4.78, 5) is 10.5. The van der Waals surface area contributed by atoms with Crippen LogP contribution in [0, 0.1) is 0 Å². The Labute approximate surface area is 412 Å². The van der Waals surface area contributed by atoms with Crippen molar-refractivity contribution in [2.75, 3.05) is 6.61 Å². The minimum atomic E-state index is -1.53. The standard InChI is InChI=1S/C26H22N2.C26H20N2.C6H7O6.Cu/c2*1-17-15-23(19-9-5-3-6-10-19)21-13-14-22-24(20-11-7-4-8-12-20)16-18(2)28-26(22)25(21)27-17;7-1-2(8)5-3(9)4(10)6(11)12-5;/h3-18H,1-2H3;3-16H,1-2H3;2,5,8-10H,1H2;/q2*-2;-1;+1. The Morgan fingerprint density at radius 1 is 0.565 bits per heavy atom. The number of fused-ring (bicyclic) bond motifs is 6. The van der Waals surface area contributed by atoms with E-state index in [-0.39, 0.29) is 29.2 Å². The van der Waals surface area contributed by atoms with Gasteiger partial charge in [-0.15, -0.1) is 41.4 Å². The van der Waals surface area contributed by atoms with Crippen LogP contribution in [0.5, 0.6) is 0 Å². The number of benzene rings is 6. The number of allylic oxidation sites excluding steroid dienone is 4. The van der Waals surface area contributed by atoms with Crippen molar-refractivity contribution in [3.8, 4) is 0 Å². The Bertz CT molecular complexity index is 3000. The molecule has 4 atom stereocenters. The number of ether oxygens (including phenoxy) is 1. The van der Waals surface area contributed by atoms with Crippen LogP contribution in [0.15, 0.2) is 193 Å². The number of esters is 1. The second-order valence-corrected chi connectivity index (χ2v) is 17.0. The maximum Gasteiger partial charge on any atom is 1.00 e. The average Bonchev–Trinajstić information content (AvgIpc) is 3.63. The second-order valence-electron chi connectivity index (χ2n) is 17.0. The van der Waals surface area contributed by atoms with Gasteiger partial charge in [0.2, 0.25) is 5.76 Å². The minimum absolute atomic E-state index is 0. The Morgan fingerprint density at radius 2 is 0.942 bits per heavy atom. The SMILES string of the molecule is CC1=CC(c2ccccc2)=c2ccc3c(c2[N-]1)[N-]C(C)=CC=3c1ccccc1.CC1C=C(c2ccccc2)c2ccc3c(c2[N-]1)[N-]C(C)C=C3c1ccccc1.O=C1OC(C(O)C[O-])C(O)=C1O.[Cu+]. The van der Waals surface area contributed by atoms with Gasteiger partial charge >= 0.3 is 23.0 Å². The van der Waals surface area contributed by atoms with Gasteiger partial charge in [0.1, 0.15) is 0 Å². The summed E-state index contributed by atoms with van der Waals surface area (Å²) >= 11 is 0. The first-order valence-corrected chi connectivity index (χ1v) is 22.5. The molecule has 0 radical (unpaired) electrons. The molecule has 0 aromatic heterocycles. The van der Waals surface area contributed by atoms with Crippen molar-refractivity contribution in [1.29, 1.82) is 0 Å². The molecule has 0 bridgehead atoms. The fourth-order valence-corrected chi connectivity index (χ4v) is 8.92. The Hall–Kier alpha value is -7.53. The molecule has 6 aromatic carbocycles. The zero-order valence-electron chi connectivity index (χ0n) is 38.3. The zero-order valence-corrected chi connectivity index (χ0v) is 39.3. The predicted molar refractivity (Wildman–Crippen MR) is 269 cm³/mol. The van der Waals surface area contributed by atoms with E-state index in [4.69, 9.17) is 36.6 Å². The van der Waals surface area contributed by atoms with Crippen LogP contribution < -0.4 is 15.5 Å². The smallest absolute Gasteiger partial charge is 0.853 e. The molecule has 0 fully saturated rings. The van der Waals surface area contributed by atoms with Crippen molar-refractivity contribution in [2.45, 2.75) is 52.0 Å². The molecule has 5 heterocycles. The first-order valence-electron chi connectivity index (χ1n) is 22.5. The van der Waals surface area contributed by atoms with E-state index < -0.39 is 36.3 Å². The minimum Gasteiger partial charge on any atom is -0.853 e. The van der Waals surface area contributed by atoms with Gasteiger partial charge < -0.3 is 46.4 Å². The monoisotopic (exact) mass is 960 g/mol. The van der Waals surface area contributed by atoms with Gasteiger partial charge in [-0.05, 0) is 66.1 Å². The molecule has 6 aromatic rings. The van der Waals surface area contributed by atoms with Crippen LogP contribution in [0.25, 0.3) is 43.6 Å². The van der Waals surface area contributed by atoms with E-state index in [9.17, 15) is 9.90 Å². The number of carbonyl (C=O) groups excluding carboxylic acids is 1. The van der Waals surface area contributed by atoms with Gasteiger partial charge in [-0.3, -0.25) is 0 Å². The number of hydrogen-bond acceptors (Lipinski definition) is 6. The van der Waals surface area contributed by atoms with E-state index in [1.165, 1.54) is 55.7 Å². The summed E-state index contributed by atoms with van der Waals surface area (Å²) in [6.07, 6.45) is 5.89. The normalized spacial score (nSPS) is 18.7. The van der Waals surface area contributed by atoms with Crippen LogP contribution in [0.2, 0.25) is 0 Å². The first-order chi connectivity index (χ1) is 33.0. The van der Waals surface area contributed by atoms with Crippen molar-refractivity contribution in [3.05, 3.63) is 258 Å². The molecule has 4 unspecified atom stereocenters. The van der Waals surface area contributed by atoms with E-state index in [0.717, 1.165) is 44.6 Å². The number of aliphatic hydroxyl groups excluding tert-OH is 3. The van der Waals surface area contributed by atoms with Crippen LogP contribution in [-0.2, 0) is 26.6 Å². The number of nitrogens with zero attached hydrogens (tertiary/aromatic N) is 4. The van der Waals surface area contributed by atoms with Crippen molar-refractivity contribution in [3.63, 3.8) is 0 Å². The van der Waals surface area contributed by atoms with Crippen molar-refractivity contribution < 1.29 is 47.0 Å². The molecule has 352 valence electrons. The summed E-state index contributed by atoms with van der Waals surface area (Å²) in [5, 5.41) is 58.7. The summed E-state index contributed by atoms with van der Waals surface area (Å²) in [5.41, 5.74) is 18.1. The van der Waals surface area contributed by atoms with Crippen LogP contribution >= 0.6 is 0 Å². The largest absolute Gasteiger partial charge is 1.00 e. The molecule has 0 amide bonds. The van der Waals surface area contributed by atoms with E-state index >= 15 is 0 Å². The zero-order chi connectivity index (χ0) is 47.5. The van der Waals surface area contributed by atoms with Gasteiger partial charge in [-0.1, -0.05) is 198 Å². The number of cyclic esters (lactones) is 1. The predicted octanol–water partition coefficient (Wildman–Crippen LogP) is 11.3. The quantitative estimate of drug-likeness (QED) is 0.111. The maximum absolute atomic E-state index is 10.5. The van der Waals surface area contributed by atoms with Crippen molar-refractivity contribution in [2.24, 2.45) is 0 Å². The van der Waals surface area contributed by atoms with E-state index in [0.29, 0.717) is 0 Å². The molecule has 0 saturated carbocycles. The third-order valence-electron chi connectivity index (χ3n) is 12.0. The topological polar surface area (TPSA) is 166 Å². The Kier molecular flexibility index (Phi) is 14.4. The van der Waals surface area contributed by atoms with Crippen LogP contribution in [0.3, 0.4) is 0 Å². The molecule has 0 aliphatic carbocycles. The number of hydrogen-bond donors (Lipinski definition) is 3. The van der Waals surface area contributed by atoms with Gasteiger partial charge in [-0.25, -0.2) is 4.79 Å². The van der Waals surface area contributed by atoms with Crippen LogP contribution in [-0.4, -0.2) is 52.2 Å². The van der Waals surface area contributed by atoms with E-state index in [1.54, 1.807) is 0 Å². The summed E-state index contributed by atoms with van der Waals surface area (Å²) in [6, 6.07) is 51.2. The molecule has 3 N–H and O–H groups in total. The summed E-state index contributed by atoms with van der Waals surface area (Å²) < 4.78 is 4.28. The van der Waals surface area contributed by atoms with Crippen molar-refractivity contribution in [1.82, 2.24) is 0 Å². The molecule has 10 nitrogen and oxygen atoms in total. The molecule has 0 spiro atoms. The van der Waals surface area contributed by atoms with Gasteiger partial charge in [-0.2, -0.15) is 11.4 Å². The second kappa shape index (κ2) is 20.8. The molecule has 69 heavy (non-hydrogen) atoms. The van der Waals surface area contributed by atoms with E-state index in [2.05, 4.69) is 190 Å². The fraction of sp³-hybridized carbons (Fsp3) is 0.155. The number of carbonyl (C=O) groups is 1. The van der Waals surface area contributed by atoms with Crippen LogP contribution in [0.1, 0.15) is 61.1 Å². The molecule has 0 saturated heterocycles. The number of aliphatic hydroxyl groups is 3. The Balaban J connectivity index is 0.000000150. The summed E-state index contributed by atoms with van der Waals surface area (Å²) in [5.74, 6) is -2.87. The van der Waals surface area contributed by atoms with Crippen molar-refractivity contribution >= 4 is 51.0 Å². The summed E-state index contributed by atoms with van der Waals surface area (Å²) in [7, 11) is 0. The van der Waals surface area contributed by atoms with Gasteiger partial charge in [0.05, 0.1) is 6.10 Å². The van der Waals surface area contributed by atoms with Gasteiger partial charge in [0.15, 0.2) is 11.9 Å². The fourth-order valence-electron chi connectivity index (χ4n) is 8.92. The molecular formula is C58H49CuN4O6-4. The third kappa shape index (κ3) is 9.90. The first kappa shape index (κ1) is 47.9. The molecule has 11 rings (SSSR count). The molecular weight excluding hydrogens is 912 g/mol. The maximum atomic E-state index is 10.5. The van der Waals surface area contributed by atoms with Gasteiger partial charge in [0.25, 0.3) is 0 Å². The van der Waals surface area contributed by atoms with E-state index in [1.807, 2.05) is 12.1 Å². The third-order valence-corrected chi connectivity index (χ3v) is 12.0. The molecule has 5 aliphatic rings. The Morgan fingerprint density at radius 3 is 1.29 bits per heavy atom. The number of rotatable bonds is 6. The summed E-state index contributed by atoms with van der Waals surface area (Å²) in [6.45, 7) is 7.48. The molecule has 5 aliphatic heterocycles. The molecule has 11 heteroatoms.